The minimum absolute atomic E-state index is 0.303. The Hall–Kier alpha value is -3.18. The number of carbonyl (C=O) groups excluding carboxylic acids is 1. The summed E-state index contributed by atoms with van der Waals surface area (Å²) in [6, 6.07) is 19.9. The first-order valence-electron chi connectivity index (χ1n) is 7.87. The van der Waals surface area contributed by atoms with Crippen LogP contribution in [0.4, 0.5) is 0 Å². The van der Waals surface area contributed by atoms with E-state index in [1.807, 2.05) is 48.5 Å². The molecule has 3 rings (SSSR count). The van der Waals surface area contributed by atoms with E-state index in [-0.39, 0.29) is 0 Å². The molecule has 2 aromatic carbocycles. The molecule has 0 aliphatic heterocycles. The van der Waals surface area contributed by atoms with E-state index in [2.05, 4.69) is 15.5 Å². The van der Waals surface area contributed by atoms with Crippen molar-refractivity contribution in [1.29, 1.82) is 0 Å². The molecular weight excluding hydrogens is 350 g/mol. The molecule has 0 atom stereocenters. The fourth-order valence-corrected chi connectivity index (χ4v) is 2.57. The molecule has 3 aromatic rings. The van der Waals surface area contributed by atoms with E-state index in [1.54, 1.807) is 18.3 Å². The van der Waals surface area contributed by atoms with Gasteiger partial charge in [0.15, 0.2) is 0 Å². The van der Waals surface area contributed by atoms with Crippen LogP contribution < -0.4 is 10.2 Å². The molecule has 26 heavy (non-hydrogen) atoms. The van der Waals surface area contributed by atoms with Gasteiger partial charge in [-0.2, -0.15) is 5.10 Å². The summed E-state index contributed by atoms with van der Waals surface area (Å²) in [5.74, 6) is -0.00471. The van der Waals surface area contributed by atoms with Crippen molar-refractivity contribution in [2.75, 3.05) is 7.11 Å². The first kappa shape index (κ1) is 17.6. The summed E-state index contributed by atoms with van der Waals surface area (Å²) in [5.41, 5.74) is 4.91. The van der Waals surface area contributed by atoms with E-state index >= 15 is 0 Å². The summed E-state index contributed by atoms with van der Waals surface area (Å²) in [6.45, 7) is 0. The molecule has 0 saturated heterocycles. The Morgan fingerprint density at radius 3 is 2.54 bits per heavy atom. The summed E-state index contributed by atoms with van der Waals surface area (Å²) in [7, 11) is 1.49. The highest BCUT2D eigenvalue weighted by Crippen LogP contribution is 2.22. The summed E-state index contributed by atoms with van der Waals surface area (Å²) in [6.07, 6.45) is 1.68. The number of hydrazone groups is 1. The number of rotatable bonds is 5. The number of benzene rings is 2. The average Bonchev–Trinajstić information content (AvgIpc) is 2.69. The van der Waals surface area contributed by atoms with E-state index in [0.717, 1.165) is 5.56 Å². The number of pyridine rings is 1. The van der Waals surface area contributed by atoms with Crippen LogP contribution in [0.1, 0.15) is 21.6 Å². The second-order valence-corrected chi connectivity index (χ2v) is 5.76. The van der Waals surface area contributed by atoms with E-state index < -0.39 is 5.91 Å². The van der Waals surface area contributed by atoms with Crippen molar-refractivity contribution in [2.45, 2.75) is 0 Å². The van der Waals surface area contributed by atoms with Gasteiger partial charge in [-0.25, -0.2) is 5.43 Å². The molecule has 1 aromatic heterocycles. The predicted octanol–water partition coefficient (Wildman–Crippen LogP) is 3.93. The molecule has 1 heterocycles. The third kappa shape index (κ3) is 4.07. The topological polar surface area (TPSA) is 63.6 Å². The van der Waals surface area contributed by atoms with Crippen LogP contribution in [0.15, 0.2) is 78.0 Å². The second-order valence-electron chi connectivity index (χ2n) is 5.33. The highest BCUT2D eigenvalue weighted by atomic mass is 35.5. The molecule has 0 saturated carbocycles. The van der Waals surface area contributed by atoms with Crippen LogP contribution in [0.3, 0.4) is 0 Å². The number of ether oxygens (including phenoxy) is 1. The summed E-state index contributed by atoms with van der Waals surface area (Å²) in [5, 5.41) is 4.74. The molecule has 0 spiro atoms. The average molecular weight is 366 g/mol. The molecule has 0 radical (unpaired) electrons. The fraction of sp³-hybridized carbons (Fsp3) is 0.0500. The maximum Gasteiger partial charge on any atom is 0.275 e. The summed E-state index contributed by atoms with van der Waals surface area (Å²) in [4.78, 5) is 16.9. The number of hydrogen-bond donors (Lipinski definition) is 1. The molecule has 6 heteroatoms. The van der Waals surface area contributed by atoms with Crippen LogP contribution in [0.2, 0.25) is 5.02 Å². The first-order valence-corrected chi connectivity index (χ1v) is 8.25. The number of methoxy groups -OCH3 is 1. The quantitative estimate of drug-likeness (QED) is 0.550. The van der Waals surface area contributed by atoms with Crippen molar-refractivity contribution >= 4 is 23.2 Å². The molecule has 1 amide bonds. The summed E-state index contributed by atoms with van der Waals surface area (Å²) < 4.78 is 5.22. The Morgan fingerprint density at radius 2 is 1.85 bits per heavy atom. The normalized spacial score (nSPS) is 11.1. The Bertz CT molecular complexity index is 887. The van der Waals surface area contributed by atoms with Crippen LogP contribution in [0.5, 0.6) is 5.75 Å². The molecule has 0 bridgehead atoms. The number of halogens is 1. The van der Waals surface area contributed by atoms with Gasteiger partial charge >= 0.3 is 0 Å². The first-order chi connectivity index (χ1) is 12.7. The van der Waals surface area contributed by atoms with E-state index in [1.165, 1.54) is 13.2 Å². The highest BCUT2D eigenvalue weighted by Gasteiger charge is 2.14. The zero-order valence-corrected chi connectivity index (χ0v) is 14.8. The van der Waals surface area contributed by atoms with Gasteiger partial charge < -0.3 is 4.74 Å². The van der Waals surface area contributed by atoms with Crippen LogP contribution in [-0.4, -0.2) is 23.7 Å². The number of nitrogens with one attached hydrogen (secondary N) is 1. The zero-order valence-electron chi connectivity index (χ0n) is 14.0. The lowest BCUT2D eigenvalue weighted by molar-refractivity contribution is 0.0952. The molecule has 0 fully saturated rings. The van der Waals surface area contributed by atoms with Gasteiger partial charge in [-0.05, 0) is 30.3 Å². The third-order valence-corrected chi connectivity index (χ3v) is 3.87. The standard InChI is InChI=1S/C20H16ClN3O2/c1-26-18-11-10-15(21)13-16(18)20(25)24-23-19(14-7-3-2-4-8-14)17-9-5-6-12-22-17/h2-13H,1H3,(H,24,25). The number of aromatic nitrogens is 1. The van der Waals surface area contributed by atoms with Gasteiger partial charge in [0.05, 0.1) is 18.4 Å². The summed E-state index contributed by atoms with van der Waals surface area (Å²) >= 11 is 5.99. The van der Waals surface area contributed by atoms with E-state index in [4.69, 9.17) is 16.3 Å². The number of nitrogens with zero attached hydrogens (tertiary/aromatic N) is 2. The van der Waals surface area contributed by atoms with Crippen LogP contribution in [0, 0.1) is 0 Å². The van der Waals surface area contributed by atoms with Crippen molar-refractivity contribution in [3.63, 3.8) is 0 Å². The fourth-order valence-electron chi connectivity index (χ4n) is 2.39. The molecular formula is C20H16ClN3O2. The zero-order chi connectivity index (χ0) is 18.4. The molecule has 0 aliphatic rings. The number of amides is 1. The Kier molecular flexibility index (Phi) is 5.61. The number of hydrogen-bond acceptors (Lipinski definition) is 4. The van der Waals surface area contributed by atoms with Crippen molar-refractivity contribution in [2.24, 2.45) is 5.10 Å². The predicted molar refractivity (Wildman–Crippen MR) is 102 cm³/mol. The van der Waals surface area contributed by atoms with Gasteiger partial charge in [-0.3, -0.25) is 9.78 Å². The van der Waals surface area contributed by atoms with Crippen molar-refractivity contribution in [3.8, 4) is 5.75 Å². The molecule has 0 unspecified atom stereocenters. The smallest absolute Gasteiger partial charge is 0.275 e. The van der Waals surface area contributed by atoms with Gasteiger partial charge in [0, 0.05) is 16.8 Å². The highest BCUT2D eigenvalue weighted by molar-refractivity contribution is 6.31. The minimum atomic E-state index is -0.422. The number of carbonyl (C=O) groups is 1. The van der Waals surface area contributed by atoms with Crippen LogP contribution in [0.25, 0.3) is 0 Å². The Morgan fingerprint density at radius 1 is 1.08 bits per heavy atom. The van der Waals surface area contributed by atoms with Gasteiger partial charge in [0.1, 0.15) is 11.5 Å². The second kappa shape index (κ2) is 8.27. The van der Waals surface area contributed by atoms with Crippen molar-refractivity contribution in [1.82, 2.24) is 10.4 Å². The largest absolute Gasteiger partial charge is 0.496 e. The van der Waals surface area contributed by atoms with Gasteiger partial charge in [-0.15, -0.1) is 0 Å². The van der Waals surface area contributed by atoms with Gasteiger partial charge in [0.2, 0.25) is 0 Å². The maximum absolute atomic E-state index is 12.6. The third-order valence-electron chi connectivity index (χ3n) is 3.63. The van der Waals surface area contributed by atoms with Gasteiger partial charge in [-0.1, -0.05) is 48.0 Å². The molecule has 130 valence electrons. The van der Waals surface area contributed by atoms with Crippen LogP contribution in [-0.2, 0) is 0 Å². The monoisotopic (exact) mass is 365 g/mol. The van der Waals surface area contributed by atoms with Gasteiger partial charge in [0.25, 0.3) is 5.91 Å². The SMILES string of the molecule is COc1ccc(Cl)cc1C(=O)NN=C(c1ccccc1)c1ccccn1. The lowest BCUT2D eigenvalue weighted by atomic mass is 10.1. The Labute approximate surface area is 156 Å². The molecule has 5 nitrogen and oxygen atoms in total. The maximum atomic E-state index is 12.6. The lowest BCUT2D eigenvalue weighted by Gasteiger charge is -2.09. The van der Waals surface area contributed by atoms with Crippen molar-refractivity contribution < 1.29 is 9.53 Å². The van der Waals surface area contributed by atoms with E-state index in [0.29, 0.717) is 27.7 Å². The van der Waals surface area contributed by atoms with Crippen molar-refractivity contribution in [3.05, 3.63) is 94.8 Å². The lowest BCUT2D eigenvalue weighted by Crippen LogP contribution is -2.21. The molecule has 1 N–H and O–H groups in total. The molecule has 0 aliphatic carbocycles. The Balaban J connectivity index is 1.95. The minimum Gasteiger partial charge on any atom is -0.496 e. The van der Waals surface area contributed by atoms with Crippen LogP contribution >= 0.6 is 11.6 Å². The van der Waals surface area contributed by atoms with E-state index in [9.17, 15) is 4.79 Å².